The normalized spacial score (nSPS) is 11.2. The predicted octanol–water partition coefficient (Wildman–Crippen LogP) is 4.96. The predicted molar refractivity (Wildman–Crippen MR) is 91.4 cm³/mol. The minimum absolute atomic E-state index is 0.0240. The quantitative estimate of drug-likeness (QED) is 0.832. The van der Waals surface area contributed by atoms with E-state index in [4.69, 9.17) is 0 Å². The molecule has 0 unspecified atom stereocenters. The zero-order valence-electron chi connectivity index (χ0n) is 12.6. The van der Waals surface area contributed by atoms with Gasteiger partial charge in [-0.15, -0.1) is 0 Å². The van der Waals surface area contributed by atoms with E-state index in [-0.39, 0.29) is 5.91 Å². The minimum Gasteiger partial charge on any atom is -0.325 e. The smallest absolute Gasteiger partial charge is 0.230 e. The second kappa shape index (κ2) is 6.44. The Bertz CT molecular complexity index is 635. The van der Waals surface area contributed by atoms with Gasteiger partial charge in [0.05, 0.1) is 5.69 Å². The fourth-order valence-corrected chi connectivity index (χ4v) is 2.79. The molecule has 0 bridgehead atoms. The summed E-state index contributed by atoms with van der Waals surface area (Å²) in [7, 11) is 0. The van der Waals surface area contributed by atoms with Gasteiger partial charge in [-0.2, -0.15) is 0 Å². The van der Waals surface area contributed by atoms with Crippen LogP contribution >= 0.6 is 15.9 Å². The summed E-state index contributed by atoms with van der Waals surface area (Å²) in [6, 6.07) is 16.0. The monoisotopic (exact) mass is 345 g/mol. The second-order valence-electron chi connectivity index (χ2n) is 5.98. The van der Waals surface area contributed by atoms with Crippen LogP contribution in [0.15, 0.2) is 53.0 Å². The van der Waals surface area contributed by atoms with Gasteiger partial charge in [0.25, 0.3) is 0 Å². The molecule has 2 rings (SSSR count). The maximum absolute atomic E-state index is 12.5. The second-order valence-corrected chi connectivity index (χ2v) is 6.84. The number of hydrogen-bond acceptors (Lipinski definition) is 1. The topological polar surface area (TPSA) is 29.1 Å². The van der Waals surface area contributed by atoms with Gasteiger partial charge in [-0.25, -0.2) is 0 Å². The zero-order chi connectivity index (χ0) is 15.5. The van der Waals surface area contributed by atoms with Crippen LogP contribution < -0.4 is 5.32 Å². The van der Waals surface area contributed by atoms with Crippen molar-refractivity contribution in [1.29, 1.82) is 0 Å². The van der Waals surface area contributed by atoms with E-state index in [0.717, 1.165) is 15.7 Å². The molecule has 1 amide bonds. The molecule has 21 heavy (non-hydrogen) atoms. The maximum Gasteiger partial charge on any atom is 0.230 e. The molecule has 0 fully saturated rings. The standard InChI is InChI=1S/C18H20BrNO/c1-13-9-10-16(15(19)11-13)20-17(21)18(2,3)12-14-7-5-4-6-8-14/h4-11H,12H2,1-3H3,(H,20,21). The SMILES string of the molecule is Cc1ccc(NC(=O)C(C)(C)Cc2ccccc2)c(Br)c1. The molecular formula is C18H20BrNO. The third-order valence-corrected chi connectivity index (χ3v) is 4.13. The number of aryl methyl sites for hydroxylation is 1. The average molecular weight is 346 g/mol. The van der Waals surface area contributed by atoms with Crippen LogP contribution in [0.25, 0.3) is 0 Å². The number of carbonyl (C=O) groups excluding carboxylic acids is 1. The van der Waals surface area contributed by atoms with Crippen LogP contribution in [0.5, 0.6) is 0 Å². The van der Waals surface area contributed by atoms with E-state index in [1.807, 2.05) is 57.2 Å². The lowest BCUT2D eigenvalue weighted by atomic mass is 9.84. The number of halogens is 1. The highest BCUT2D eigenvalue weighted by molar-refractivity contribution is 9.10. The average Bonchev–Trinajstić information content (AvgIpc) is 2.42. The van der Waals surface area contributed by atoms with E-state index in [1.165, 1.54) is 5.56 Å². The number of benzene rings is 2. The fourth-order valence-electron chi connectivity index (χ4n) is 2.20. The summed E-state index contributed by atoms with van der Waals surface area (Å²) in [6.45, 7) is 5.96. The van der Waals surface area contributed by atoms with Gasteiger partial charge in [0.2, 0.25) is 5.91 Å². The molecule has 0 atom stereocenters. The van der Waals surface area contributed by atoms with Crippen molar-refractivity contribution < 1.29 is 4.79 Å². The molecule has 0 saturated heterocycles. The molecule has 0 aliphatic heterocycles. The van der Waals surface area contributed by atoms with Gasteiger partial charge >= 0.3 is 0 Å². The lowest BCUT2D eigenvalue weighted by molar-refractivity contribution is -0.123. The van der Waals surface area contributed by atoms with Crippen LogP contribution in [0.4, 0.5) is 5.69 Å². The molecule has 0 saturated carbocycles. The van der Waals surface area contributed by atoms with Gasteiger partial charge in [-0.05, 0) is 52.5 Å². The van der Waals surface area contributed by atoms with Gasteiger partial charge in [0.1, 0.15) is 0 Å². The molecule has 0 aliphatic rings. The van der Waals surface area contributed by atoms with Crippen LogP contribution in [0, 0.1) is 12.3 Å². The molecule has 3 heteroatoms. The minimum atomic E-state index is -0.467. The van der Waals surface area contributed by atoms with Crippen molar-refractivity contribution in [3.05, 3.63) is 64.1 Å². The third kappa shape index (κ3) is 4.18. The number of anilines is 1. The summed E-state index contributed by atoms with van der Waals surface area (Å²) in [4.78, 5) is 12.5. The third-order valence-electron chi connectivity index (χ3n) is 3.48. The molecular weight excluding hydrogens is 326 g/mol. The summed E-state index contributed by atoms with van der Waals surface area (Å²) in [5.74, 6) is 0.0240. The molecule has 110 valence electrons. The van der Waals surface area contributed by atoms with Gasteiger partial charge in [0.15, 0.2) is 0 Å². The van der Waals surface area contributed by atoms with Crippen molar-refractivity contribution in [1.82, 2.24) is 0 Å². The number of nitrogens with one attached hydrogen (secondary N) is 1. The number of amides is 1. The van der Waals surface area contributed by atoms with Crippen molar-refractivity contribution in [3.8, 4) is 0 Å². The first-order valence-electron chi connectivity index (χ1n) is 7.00. The molecule has 0 spiro atoms. The summed E-state index contributed by atoms with van der Waals surface area (Å²) in [6.07, 6.45) is 0.711. The van der Waals surface area contributed by atoms with Crippen LogP contribution in [0.1, 0.15) is 25.0 Å². The molecule has 2 nitrogen and oxygen atoms in total. The Kier molecular flexibility index (Phi) is 4.84. The Morgan fingerprint density at radius 1 is 1.14 bits per heavy atom. The highest BCUT2D eigenvalue weighted by Crippen LogP contribution is 2.28. The fraction of sp³-hybridized carbons (Fsp3) is 0.278. The van der Waals surface area contributed by atoms with E-state index >= 15 is 0 Å². The first kappa shape index (κ1) is 15.8. The van der Waals surface area contributed by atoms with Crippen molar-refractivity contribution in [3.63, 3.8) is 0 Å². The molecule has 0 heterocycles. The lowest BCUT2D eigenvalue weighted by Gasteiger charge is -2.24. The van der Waals surface area contributed by atoms with Crippen molar-refractivity contribution in [2.24, 2.45) is 5.41 Å². The summed E-state index contributed by atoms with van der Waals surface area (Å²) in [5.41, 5.74) is 2.67. The van der Waals surface area contributed by atoms with E-state index in [1.54, 1.807) is 0 Å². The Labute approximate surface area is 134 Å². The Hall–Kier alpha value is -1.61. The van der Waals surface area contributed by atoms with Gasteiger partial charge < -0.3 is 5.32 Å². The zero-order valence-corrected chi connectivity index (χ0v) is 14.2. The van der Waals surface area contributed by atoms with E-state index in [2.05, 4.69) is 33.4 Å². The molecule has 2 aromatic carbocycles. The number of rotatable bonds is 4. The largest absolute Gasteiger partial charge is 0.325 e. The first-order valence-corrected chi connectivity index (χ1v) is 7.79. The maximum atomic E-state index is 12.5. The van der Waals surface area contributed by atoms with Crippen LogP contribution in [-0.4, -0.2) is 5.91 Å². The highest BCUT2D eigenvalue weighted by atomic mass is 79.9. The summed E-state index contributed by atoms with van der Waals surface area (Å²) < 4.78 is 0.909. The summed E-state index contributed by atoms with van der Waals surface area (Å²) >= 11 is 3.49. The molecule has 2 aromatic rings. The van der Waals surface area contributed by atoms with Crippen LogP contribution in [0.2, 0.25) is 0 Å². The van der Waals surface area contributed by atoms with Crippen molar-refractivity contribution >= 4 is 27.5 Å². The van der Waals surface area contributed by atoms with Crippen LogP contribution in [-0.2, 0) is 11.2 Å². The van der Waals surface area contributed by atoms with Gasteiger partial charge in [0, 0.05) is 9.89 Å². The number of carbonyl (C=O) groups is 1. The lowest BCUT2D eigenvalue weighted by Crippen LogP contribution is -2.32. The van der Waals surface area contributed by atoms with Crippen LogP contribution in [0.3, 0.4) is 0 Å². The molecule has 0 aromatic heterocycles. The number of hydrogen-bond donors (Lipinski definition) is 1. The van der Waals surface area contributed by atoms with Gasteiger partial charge in [-0.3, -0.25) is 4.79 Å². The van der Waals surface area contributed by atoms with Gasteiger partial charge in [-0.1, -0.05) is 50.2 Å². The Balaban J connectivity index is 2.11. The van der Waals surface area contributed by atoms with Crippen molar-refractivity contribution in [2.45, 2.75) is 27.2 Å². The Morgan fingerprint density at radius 3 is 2.43 bits per heavy atom. The molecule has 1 N–H and O–H groups in total. The highest BCUT2D eigenvalue weighted by Gasteiger charge is 2.28. The van der Waals surface area contributed by atoms with Crippen molar-refractivity contribution in [2.75, 3.05) is 5.32 Å². The molecule has 0 radical (unpaired) electrons. The first-order chi connectivity index (χ1) is 9.88. The molecule has 0 aliphatic carbocycles. The van der Waals surface area contributed by atoms with E-state index in [0.29, 0.717) is 6.42 Å². The van der Waals surface area contributed by atoms with E-state index in [9.17, 15) is 4.79 Å². The van der Waals surface area contributed by atoms with E-state index < -0.39 is 5.41 Å². The Morgan fingerprint density at radius 2 is 1.81 bits per heavy atom. The summed E-state index contributed by atoms with van der Waals surface area (Å²) in [5, 5.41) is 3.01.